The van der Waals surface area contributed by atoms with Crippen LogP contribution in [0.3, 0.4) is 0 Å². The molecule has 1 aliphatic heterocycles. The Morgan fingerprint density at radius 1 is 1.35 bits per heavy atom. The number of rotatable bonds is 5. The molecule has 7 nitrogen and oxygen atoms in total. The van der Waals surface area contributed by atoms with Crippen LogP contribution >= 0.6 is 0 Å². The lowest BCUT2D eigenvalue weighted by Gasteiger charge is -2.30. The van der Waals surface area contributed by atoms with Crippen LogP contribution in [0.1, 0.15) is 37.5 Å². The number of aromatic nitrogens is 2. The van der Waals surface area contributed by atoms with Crippen molar-refractivity contribution >= 4 is 11.9 Å². The number of nitrogens with one attached hydrogen (secondary N) is 2. The summed E-state index contributed by atoms with van der Waals surface area (Å²) in [6, 6.07) is 0.683. The smallest absolute Gasteiger partial charge is 0.322 e. The van der Waals surface area contributed by atoms with Crippen LogP contribution in [0.5, 0.6) is 0 Å². The first-order valence-electron chi connectivity index (χ1n) is 7.26. The summed E-state index contributed by atoms with van der Waals surface area (Å²) < 4.78 is 5.42. The number of hydrogen-bond donors (Lipinski definition) is 2. The Morgan fingerprint density at radius 2 is 2.10 bits per heavy atom. The Morgan fingerprint density at radius 3 is 2.80 bits per heavy atom. The number of carbonyl (C=O) groups excluding carboxylic acids is 1. The maximum absolute atomic E-state index is 12.0. The molecule has 2 aliphatic rings. The zero-order valence-electron chi connectivity index (χ0n) is 11.8. The molecule has 3 rings (SSSR count). The maximum atomic E-state index is 12.0. The van der Waals surface area contributed by atoms with Gasteiger partial charge in [0.15, 0.2) is 0 Å². The van der Waals surface area contributed by atoms with Gasteiger partial charge in [0.1, 0.15) is 0 Å². The van der Waals surface area contributed by atoms with E-state index >= 15 is 0 Å². The van der Waals surface area contributed by atoms with E-state index in [2.05, 4.69) is 25.7 Å². The predicted octanol–water partition coefficient (Wildman–Crippen LogP) is 0.569. The maximum Gasteiger partial charge on any atom is 0.322 e. The molecule has 1 aliphatic carbocycles. The van der Waals surface area contributed by atoms with Gasteiger partial charge in [-0.3, -0.25) is 15.0 Å². The topological polar surface area (TPSA) is 83.3 Å². The molecular formula is C13H21N5O2. The summed E-state index contributed by atoms with van der Waals surface area (Å²) in [7, 11) is 1.99. The van der Waals surface area contributed by atoms with E-state index in [9.17, 15) is 4.79 Å². The summed E-state index contributed by atoms with van der Waals surface area (Å²) in [5, 5.41) is 13.8. The molecular weight excluding hydrogens is 258 g/mol. The van der Waals surface area contributed by atoms with E-state index in [1.165, 1.54) is 0 Å². The van der Waals surface area contributed by atoms with E-state index in [4.69, 9.17) is 4.42 Å². The van der Waals surface area contributed by atoms with Gasteiger partial charge in [-0.15, -0.1) is 5.10 Å². The quantitative estimate of drug-likeness (QED) is 0.820. The average Bonchev–Trinajstić information content (AvgIpc) is 3.20. The van der Waals surface area contributed by atoms with E-state index in [-0.39, 0.29) is 11.9 Å². The van der Waals surface area contributed by atoms with Gasteiger partial charge in [0.05, 0.1) is 6.54 Å². The van der Waals surface area contributed by atoms with E-state index in [0.717, 1.165) is 38.8 Å². The fourth-order valence-corrected chi connectivity index (χ4v) is 2.54. The first-order chi connectivity index (χ1) is 9.72. The van der Waals surface area contributed by atoms with E-state index in [0.29, 0.717) is 24.4 Å². The van der Waals surface area contributed by atoms with Crippen molar-refractivity contribution in [1.82, 2.24) is 20.4 Å². The van der Waals surface area contributed by atoms with Crippen molar-refractivity contribution < 1.29 is 9.21 Å². The highest BCUT2D eigenvalue weighted by atomic mass is 16.4. The minimum absolute atomic E-state index is 0.1000. The number of amides is 1. The van der Waals surface area contributed by atoms with E-state index in [1.807, 2.05) is 7.05 Å². The molecule has 0 aromatic carbocycles. The largest absolute Gasteiger partial charge is 0.408 e. The van der Waals surface area contributed by atoms with Crippen molar-refractivity contribution in [1.29, 1.82) is 0 Å². The molecule has 20 heavy (non-hydrogen) atoms. The van der Waals surface area contributed by atoms with Gasteiger partial charge in [0.2, 0.25) is 11.8 Å². The Bertz CT molecular complexity index is 465. The number of piperidine rings is 1. The number of likely N-dealkylation sites (N-methyl/N-ethyl adjacent to an activating group) is 1. The van der Waals surface area contributed by atoms with Crippen molar-refractivity contribution in [3.05, 3.63) is 5.89 Å². The lowest BCUT2D eigenvalue weighted by Crippen LogP contribution is -2.44. The second-order valence-corrected chi connectivity index (χ2v) is 5.66. The summed E-state index contributed by atoms with van der Waals surface area (Å²) in [6.45, 7) is 2.39. The van der Waals surface area contributed by atoms with Gasteiger partial charge < -0.3 is 9.73 Å². The van der Waals surface area contributed by atoms with Crippen molar-refractivity contribution in [2.24, 2.45) is 0 Å². The molecule has 0 unspecified atom stereocenters. The van der Waals surface area contributed by atoms with Crippen LogP contribution in [0.25, 0.3) is 0 Å². The minimum Gasteiger partial charge on any atom is -0.408 e. The van der Waals surface area contributed by atoms with E-state index in [1.54, 1.807) is 0 Å². The van der Waals surface area contributed by atoms with Crippen molar-refractivity contribution in [2.75, 3.05) is 32.0 Å². The lowest BCUT2D eigenvalue weighted by molar-refractivity contribution is -0.117. The van der Waals surface area contributed by atoms with Crippen molar-refractivity contribution in [2.45, 2.75) is 37.6 Å². The van der Waals surface area contributed by atoms with Gasteiger partial charge in [0.25, 0.3) is 0 Å². The monoisotopic (exact) mass is 279 g/mol. The van der Waals surface area contributed by atoms with Crippen LogP contribution < -0.4 is 10.6 Å². The highest BCUT2D eigenvalue weighted by Gasteiger charge is 2.29. The number of nitrogens with zero attached hydrogens (tertiary/aromatic N) is 3. The van der Waals surface area contributed by atoms with Gasteiger partial charge in [-0.25, -0.2) is 0 Å². The molecule has 1 amide bonds. The number of anilines is 1. The first kappa shape index (κ1) is 13.5. The second-order valence-electron chi connectivity index (χ2n) is 5.66. The molecule has 2 N–H and O–H groups in total. The van der Waals surface area contributed by atoms with Crippen LogP contribution in [-0.4, -0.2) is 53.7 Å². The molecule has 1 saturated carbocycles. The third kappa shape index (κ3) is 3.34. The number of carbonyl (C=O) groups is 1. The third-order valence-corrected chi connectivity index (χ3v) is 3.94. The minimum atomic E-state index is -0.1000. The fourth-order valence-electron chi connectivity index (χ4n) is 2.54. The number of hydrogen-bond acceptors (Lipinski definition) is 6. The highest BCUT2D eigenvalue weighted by molar-refractivity contribution is 5.90. The Hall–Kier alpha value is -1.47. The van der Waals surface area contributed by atoms with Crippen molar-refractivity contribution in [3.8, 4) is 0 Å². The Labute approximate surface area is 118 Å². The molecule has 2 fully saturated rings. The van der Waals surface area contributed by atoms with Crippen LogP contribution in [0.4, 0.5) is 6.01 Å². The molecule has 0 atom stereocenters. The predicted molar refractivity (Wildman–Crippen MR) is 73.4 cm³/mol. The van der Waals surface area contributed by atoms with Gasteiger partial charge >= 0.3 is 6.01 Å². The van der Waals surface area contributed by atoms with Crippen LogP contribution in [0.15, 0.2) is 4.42 Å². The SMILES string of the molecule is CN(CC(=O)Nc1nnc(C2CC2)o1)C1CCNCC1. The standard InChI is InChI=1S/C13H21N5O2/c1-18(10-4-6-14-7-5-10)8-11(19)15-13-17-16-12(20-13)9-2-3-9/h9-10,14H,2-8H2,1H3,(H,15,17,19). The van der Waals surface area contributed by atoms with Gasteiger partial charge in [-0.1, -0.05) is 5.10 Å². The lowest BCUT2D eigenvalue weighted by atomic mass is 10.1. The van der Waals surface area contributed by atoms with Crippen LogP contribution in [-0.2, 0) is 4.79 Å². The molecule has 7 heteroatoms. The molecule has 1 aromatic rings. The first-order valence-corrected chi connectivity index (χ1v) is 7.26. The summed E-state index contributed by atoms with van der Waals surface area (Å²) in [6.07, 6.45) is 4.37. The van der Waals surface area contributed by atoms with Crippen molar-refractivity contribution in [3.63, 3.8) is 0 Å². The van der Waals surface area contributed by atoms with E-state index < -0.39 is 0 Å². The van der Waals surface area contributed by atoms with Crippen LogP contribution in [0, 0.1) is 0 Å². The molecule has 2 heterocycles. The average molecular weight is 279 g/mol. The van der Waals surface area contributed by atoms with Gasteiger partial charge in [-0.2, -0.15) is 0 Å². The Kier molecular flexibility index (Phi) is 3.98. The summed E-state index contributed by atoms with van der Waals surface area (Å²) >= 11 is 0. The highest BCUT2D eigenvalue weighted by Crippen LogP contribution is 2.39. The zero-order valence-corrected chi connectivity index (χ0v) is 11.8. The normalized spacial score (nSPS) is 20.3. The summed E-state index contributed by atoms with van der Waals surface area (Å²) in [5.41, 5.74) is 0. The van der Waals surface area contributed by atoms with Gasteiger partial charge in [-0.05, 0) is 45.8 Å². The second kappa shape index (κ2) is 5.88. The molecule has 0 spiro atoms. The molecule has 1 saturated heterocycles. The Balaban J connectivity index is 1.47. The molecule has 110 valence electrons. The van der Waals surface area contributed by atoms with Gasteiger partial charge in [0, 0.05) is 12.0 Å². The summed E-state index contributed by atoms with van der Waals surface area (Å²) in [4.78, 5) is 14.1. The third-order valence-electron chi connectivity index (χ3n) is 3.94. The zero-order chi connectivity index (χ0) is 13.9. The molecule has 1 aromatic heterocycles. The fraction of sp³-hybridized carbons (Fsp3) is 0.769. The van der Waals surface area contributed by atoms with Crippen LogP contribution in [0.2, 0.25) is 0 Å². The molecule has 0 bridgehead atoms. The molecule has 0 radical (unpaired) electrons. The summed E-state index contributed by atoms with van der Waals surface area (Å²) in [5.74, 6) is 0.953.